The van der Waals surface area contributed by atoms with E-state index in [1.165, 1.54) is 12.1 Å². The minimum Gasteiger partial charge on any atom is -0.507 e. The Morgan fingerprint density at radius 1 is 1.21 bits per heavy atom. The van der Waals surface area contributed by atoms with Crippen LogP contribution in [-0.4, -0.2) is 39.7 Å². The van der Waals surface area contributed by atoms with E-state index < -0.39 is 41.3 Å². The summed E-state index contributed by atoms with van der Waals surface area (Å²) in [6, 6.07) is 5.85. The van der Waals surface area contributed by atoms with Gasteiger partial charge in [-0.3, -0.25) is 25.2 Å². The molecule has 2 aliphatic heterocycles. The Bertz CT molecular complexity index is 746. The predicted octanol–water partition coefficient (Wildman–Crippen LogP) is 0.197. The van der Waals surface area contributed by atoms with Crippen molar-refractivity contribution >= 4 is 17.8 Å². The molecule has 2 heterocycles. The third-order valence-corrected chi connectivity index (χ3v) is 4.35. The lowest BCUT2D eigenvalue weighted by Gasteiger charge is -2.27. The second-order valence-electron chi connectivity index (χ2n) is 5.93. The normalized spacial score (nSPS) is 30.1. The van der Waals surface area contributed by atoms with E-state index in [0.29, 0.717) is 0 Å². The van der Waals surface area contributed by atoms with Crippen molar-refractivity contribution in [1.29, 1.82) is 0 Å². The number of fused-ring (bicyclic) bond motifs is 2. The number of phenolic OH excluding ortho intramolecular Hbond substituents is 1. The summed E-state index contributed by atoms with van der Waals surface area (Å²) in [6.45, 7) is 1.63. The fourth-order valence-electron chi connectivity index (χ4n) is 3.21. The summed E-state index contributed by atoms with van der Waals surface area (Å²) in [5.41, 5.74) is 3.36. The van der Waals surface area contributed by atoms with Crippen LogP contribution in [0.15, 0.2) is 36.4 Å². The standard InChI is InChI=1S/C16H16N2O6/c1-16-7-6-10(24-16)11(15(22)23)12(16)14(21)18-17-13(20)8-4-2-3-5-9(8)19/h2-7,10-12,19H,1H3,(H,17,20)(H,18,21)(H,22,23)/t10-,11+,12-,16+/m1/s1. The number of carboxylic acid groups (broad SMARTS) is 1. The molecule has 2 bridgehead atoms. The third kappa shape index (κ3) is 2.50. The van der Waals surface area contributed by atoms with Gasteiger partial charge in [-0.1, -0.05) is 24.3 Å². The molecule has 0 spiro atoms. The highest BCUT2D eigenvalue weighted by atomic mass is 16.5. The van der Waals surface area contributed by atoms with Gasteiger partial charge in [0.2, 0.25) is 5.91 Å². The van der Waals surface area contributed by atoms with Gasteiger partial charge in [-0.05, 0) is 19.1 Å². The molecule has 2 amide bonds. The first-order valence-electron chi connectivity index (χ1n) is 7.31. The van der Waals surface area contributed by atoms with E-state index in [0.717, 1.165) is 0 Å². The molecule has 0 unspecified atom stereocenters. The number of aromatic hydroxyl groups is 1. The van der Waals surface area contributed by atoms with E-state index in [9.17, 15) is 24.6 Å². The van der Waals surface area contributed by atoms with Gasteiger partial charge in [0.05, 0.1) is 23.2 Å². The van der Waals surface area contributed by atoms with E-state index in [1.54, 1.807) is 31.2 Å². The molecular weight excluding hydrogens is 316 g/mol. The van der Waals surface area contributed by atoms with Gasteiger partial charge in [0.25, 0.3) is 5.91 Å². The van der Waals surface area contributed by atoms with E-state index >= 15 is 0 Å². The molecule has 0 aliphatic carbocycles. The number of hydrazine groups is 1. The highest BCUT2D eigenvalue weighted by molar-refractivity contribution is 5.98. The number of hydrogen-bond donors (Lipinski definition) is 4. The number of carbonyl (C=O) groups excluding carboxylic acids is 2. The molecule has 4 atom stereocenters. The summed E-state index contributed by atoms with van der Waals surface area (Å²) >= 11 is 0. The smallest absolute Gasteiger partial charge is 0.310 e. The highest BCUT2D eigenvalue weighted by Crippen LogP contribution is 2.46. The Morgan fingerprint density at radius 3 is 2.58 bits per heavy atom. The van der Waals surface area contributed by atoms with Crippen LogP contribution in [0.25, 0.3) is 0 Å². The van der Waals surface area contributed by atoms with Crippen LogP contribution in [-0.2, 0) is 14.3 Å². The van der Waals surface area contributed by atoms with Gasteiger partial charge in [-0.15, -0.1) is 0 Å². The molecule has 1 fully saturated rings. The van der Waals surface area contributed by atoms with Gasteiger partial charge < -0.3 is 14.9 Å². The molecule has 24 heavy (non-hydrogen) atoms. The van der Waals surface area contributed by atoms with Crippen LogP contribution < -0.4 is 10.9 Å². The molecule has 1 aromatic rings. The van der Waals surface area contributed by atoms with Crippen LogP contribution >= 0.6 is 0 Å². The average molecular weight is 332 g/mol. The van der Waals surface area contributed by atoms with Gasteiger partial charge in [0, 0.05) is 0 Å². The molecule has 4 N–H and O–H groups in total. The Morgan fingerprint density at radius 2 is 1.92 bits per heavy atom. The fourth-order valence-corrected chi connectivity index (χ4v) is 3.21. The number of para-hydroxylation sites is 1. The van der Waals surface area contributed by atoms with E-state index in [2.05, 4.69) is 10.9 Å². The third-order valence-electron chi connectivity index (χ3n) is 4.35. The van der Waals surface area contributed by atoms with E-state index in [-0.39, 0.29) is 11.3 Å². The number of carboxylic acids is 1. The minimum atomic E-state index is -1.14. The van der Waals surface area contributed by atoms with Gasteiger partial charge in [-0.2, -0.15) is 0 Å². The van der Waals surface area contributed by atoms with Crippen LogP contribution in [0.2, 0.25) is 0 Å². The number of hydrogen-bond acceptors (Lipinski definition) is 5. The lowest BCUT2D eigenvalue weighted by atomic mass is 9.76. The summed E-state index contributed by atoms with van der Waals surface area (Å²) in [7, 11) is 0. The van der Waals surface area contributed by atoms with Crippen molar-refractivity contribution in [1.82, 2.24) is 10.9 Å². The van der Waals surface area contributed by atoms with Crippen molar-refractivity contribution in [2.24, 2.45) is 11.8 Å². The van der Waals surface area contributed by atoms with Crippen molar-refractivity contribution < 1.29 is 29.3 Å². The number of ether oxygens (including phenoxy) is 1. The Labute approximate surface area is 137 Å². The van der Waals surface area contributed by atoms with Gasteiger partial charge >= 0.3 is 5.97 Å². The largest absolute Gasteiger partial charge is 0.507 e. The first-order chi connectivity index (χ1) is 11.3. The topological polar surface area (TPSA) is 125 Å². The number of aliphatic carboxylic acids is 1. The molecule has 126 valence electrons. The van der Waals surface area contributed by atoms with Gasteiger partial charge in [0.1, 0.15) is 11.7 Å². The van der Waals surface area contributed by atoms with Crippen LogP contribution in [0, 0.1) is 11.8 Å². The zero-order chi connectivity index (χ0) is 17.5. The average Bonchev–Trinajstić information content (AvgIpc) is 3.06. The second-order valence-corrected chi connectivity index (χ2v) is 5.93. The molecular formula is C16H16N2O6. The van der Waals surface area contributed by atoms with Crippen LogP contribution in [0.1, 0.15) is 17.3 Å². The molecule has 2 aliphatic rings. The van der Waals surface area contributed by atoms with Crippen molar-refractivity contribution in [2.75, 3.05) is 0 Å². The summed E-state index contributed by atoms with van der Waals surface area (Å²) in [5.74, 6) is -4.75. The Kier molecular flexibility index (Phi) is 3.76. The number of phenols is 1. The molecule has 8 nitrogen and oxygen atoms in total. The van der Waals surface area contributed by atoms with Crippen LogP contribution in [0.3, 0.4) is 0 Å². The summed E-state index contributed by atoms with van der Waals surface area (Å²) in [4.78, 5) is 35.8. The molecule has 1 aromatic carbocycles. The minimum absolute atomic E-state index is 0.0112. The maximum atomic E-state index is 12.4. The predicted molar refractivity (Wildman–Crippen MR) is 80.7 cm³/mol. The highest BCUT2D eigenvalue weighted by Gasteiger charge is 2.59. The maximum Gasteiger partial charge on any atom is 0.310 e. The van der Waals surface area contributed by atoms with Crippen molar-refractivity contribution in [3.05, 3.63) is 42.0 Å². The molecule has 0 radical (unpaired) electrons. The van der Waals surface area contributed by atoms with Crippen molar-refractivity contribution in [3.63, 3.8) is 0 Å². The Hall–Kier alpha value is -2.87. The molecule has 0 aromatic heterocycles. The van der Waals surface area contributed by atoms with Crippen LogP contribution in [0.5, 0.6) is 5.75 Å². The van der Waals surface area contributed by atoms with Gasteiger partial charge in [-0.25, -0.2) is 0 Å². The van der Waals surface area contributed by atoms with Crippen molar-refractivity contribution in [3.8, 4) is 5.75 Å². The molecule has 1 saturated heterocycles. The van der Waals surface area contributed by atoms with Crippen molar-refractivity contribution in [2.45, 2.75) is 18.6 Å². The lowest BCUT2D eigenvalue weighted by Crippen LogP contribution is -2.52. The second kappa shape index (κ2) is 5.64. The number of carbonyl (C=O) groups is 3. The number of amides is 2. The lowest BCUT2D eigenvalue weighted by molar-refractivity contribution is -0.147. The number of rotatable bonds is 3. The van der Waals surface area contributed by atoms with Gasteiger partial charge in [0.15, 0.2) is 0 Å². The molecule has 8 heteroatoms. The molecule has 3 rings (SSSR count). The number of nitrogens with one attached hydrogen (secondary N) is 2. The maximum absolute atomic E-state index is 12.4. The summed E-state index contributed by atoms with van der Waals surface area (Å²) in [5, 5.41) is 19.0. The number of benzene rings is 1. The monoisotopic (exact) mass is 332 g/mol. The first-order valence-corrected chi connectivity index (χ1v) is 7.31. The molecule has 0 saturated carbocycles. The van der Waals surface area contributed by atoms with E-state index in [1.807, 2.05) is 0 Å². The van der Waals surface area contributed by atoms with E-state index in [4.69, 9.17) is 4.74 Å². The quantitative estimate of drug-likeness (QED) is 0.463. The first kappa shape index (κ1) is 16.0. The summed E-state index contributed by atoms with van der Waals surface area (Å²) < 4.78 is 5.57. The zero-order valence-electron chi connectivity index (χ0n) is 12.7. The SMILES string of the molecule is C[C@@]12C=C[C@@H](O1)[C@H](C(=O)O)[C@@H]2C(=O)NNC(=O)c1ccccc1O. The summed E-state index contributed by atoms with van der Waals surface area (Å²) in [6.07, 6.45) is 2.62. The Balaban J connectivity index is 1.71. The van der Waals surface area contributed by atoms with Crippen LogP contribution in [0.4, 0.5) is 0 Å². The zero-order valence-corrected chi connectivity index (χ0v) is 12.7. The fraction of sp³-hybridized carbons (Fsp3) is 0.312.